The number of likely N-dealkylation sites (N-methyl/N-ethyl adjacent to an activating group) is 1. The molecule has 1 saturated heterocycles. The molecule has 3 atom stereocenters. The lowest BCUT2D eigenvalue weighted by atomic mass is 9.67. The van der Waals surface area contributed by atoms with Crippen LogP contribution in [-0.2, 0) is 21.4 Å². The van der Waals surface area contributed by atoms with Crippen molar-refractivity contribution in [3.05, 3.63) is 40.7 Å². The summed E-state index contributed by atoms with van der Waals surface area (Å²) in [6, 6.07) is 1.98. The lowest BCUT2D eigenvalue weighted by molar-refractivity contribution is -0.114. The molecule has 6 nitrogen and oxygen atoms in total. The van der Waals surface area contributed by atoms with Gasteiger partial charge in [-0.1, -0.05) is 0 Å². The van der Waals surface area contributed by atoms with Crippen molar-refractivity contribution in [2.45, 2.75) is 30.7 Å². The van der Waals surface area contributed by atoms with Crippen molar-refractivity contribution in [3.8, 4) is 17.2 Å². The maximum Gasteiger partial charge on any atom is 0.220 e. The van der Waals surface area contributed by atoms with Gasteiger partial charge in [-0.25, -0.2) is 0 Å². The molecule has 6 heteroatoms. The number of aryl methyl sites for hydroxylation is 1. The van der Waals surface area contributed by atoms with Crippen LogP contribution >= 0.6 is 0 Å². The van der Waals surface area contributed by atoms with Crippen molar-refractivity contribution in [2.24, 2.45) is 0 Å². The van der Waals surface area contributed by atoms with Crippen molar-refractivity contribution >= 4 is 5.78 Å². The number of rotatable bonds is 4. The van der Waals surface area contributed by atoms with Gasteiger partial charge in [-0.3, -0.25) is 9.69 Å². The number of carbonyl (C=O) groups is 1. The van der Waals surface area contributed by atoms with Gasteiger partial charge >= 0.3 is 0 Å². The molecule has 3 aliphatic rings. The number of benzene rings is 1. The van der Waals surface area contributed by atoms with Gasteiger partial charge in [0.15, 0.2) is 17.3 Å². The zero-order valence-electron chi connectivity index (χ0n) is 18.0. The number of carbonyl (C=O) groups excluding carboxylic acids is 1. The summed E-state index contributed by atoms with van der Waals surface area (Å²) in [5, 5.41) is 0. The predicted molar refractivity (Wildman–Crippen MR) is 105 cm³/mol. The average Bonchev–Trinajstić information content (AvgIpc) is 2.82. The summed E-state index contributed by atoms with van der Waals surface area (Å²) < 4.78 is 31.3. The van der Waals surface area contributed by atoms with Crippen LogP contribution in [0.4, 0.5) is 0 Å². The molecule has 0 spiro atoms. The molecule has 1 fully saturated rings. The second-order valence-corrected chi connectivity index (χ2v) is 7.43. The van der Waals surface area contributed by atoms with E-state index in [-0.39, 0.29) is 11.8 Å². The Morgan fingerprint density at radius 3 is 2.57 bits per heavy atom. The molecule has 28 heavy (non-hydrogen) atoms. The molecular weight excluding hydrogens is 360 g/mol. The maximum atomic E-state index is 12.7. The van der Waals surface area contributed by atoms with E-state index in [4.69, 9.17) is 20.3 Å². The Hall–Kier alpha value is -2.47. The van der Waals surface area contributed by atoms with E-state index in [9.17, 15) is 4.79 Å². The number of likely N-dealkylation sites (tertiary alicyclic amines) is 1. The molecule has 4 rings (SSSR count). The Kier molecular flexibility index (Phi) is 4.31. The summed E-state index contributed by atoms with van der Waals surface area (Å²) in [4.78, 5) is 14.7. The molecule has 1 heterocycles. The van der Waals surface area contributed by atoms with Crippen molar-refractivity contribution in [1.82, 2.24) is 4.90 Å². The van der Waals surface area contributed by atoms with Gasteiger partial charge in [0.25, 0.3) is 0 Å². The van der Waals surface area contributed by atoms with Crippen LogP contribution in [0.25, 0.3) is 0 Å². The molecule has 0 amide bonds. The minimum absolute atomic E-state index is 0.0149. The number of hydrogen-bond donors (Lipinski definition) is 0. The number of allylic oxidation sites excluding steroid dienone is 2. The molecule has 1 aromatic rings. The highest BCUT2D eigenvalue weighted by Gasteiger charge is 2.51. The van der Waals surface area contributed by atoms with E-state index in [1.54, 1.807) is 27.4 Å². The Bertz CT molecular complexity index is 924. The largest absolute Gasteiger partial charge is 0.493 e. The normalized spacial score (nSPS) is 29.5. The number of piperidine rings is 1. The summed E-state index contributed by atoms with van der Waals surface area (Å²) >= 11 is 0. The third kappa shape index (κ3) is 2.47. The minimum Gasteiger partial charge on any atom is -0.493 e. The summed E-state index contributed by atoms with van der Waals surface area (Å²) in [6.07, 6.45) is 5.67. The number of fused-ring (bicyclic) bond motifs is 1. The van der Waals surface area contributed by atoms with E-state index >= 15 is 0 Å². The molecule has 2 bridgehead atoms. The maximum absolute atomic E-state index is 12.7. The predicted octanol–water partition coefficient (Wildman–Crippen LogP) is 2.64. The average molecular weight is 389 g/mol. The fraction of sp³-hybridized carbons (Fsp3) is 0.500. The highest BCUT2D eigenvalue weighted by Crippen LogP contribution is 2.56. The van der Waals surface area contributed by atoms with E-state index in [0.717, 1.165) is 29.5 Å². The first-order valence-corrected chi connectivity index (χ1v) is 9.41. The molecule has 0 aromatic heterocycles. The number of nitrogens with zero attached hydrogens (tertiary/aromatic N) is 1. The summed E-state index contributed by atoms with van der Waals surface area (Å²) in [5.41, 5.74) is 2.35. The van der Waals surface area contributed by atoms with Gasteiger partial charge in [0.2, 0.25) is 11.5 Å². The van der Waals surface area contributed by atoms with E-state index in [2.05, 4.69) is 4.90 Å². The number of methoxy groups -OCH3 is 4. The van der Waals surface area contributed by atoms with Gasteiger partial charge in [0, 0.05) is 18.4 Å². The van der Waals surface area contributed by atoms with Crippen molar-refractivity contribution in [2.75, 3.05) is 42.0 Å². The number of ether oxygens (including phenoxy) is 4. The quantitative estimate of drug-likeness (QED) is 0.789. The lowest BCUT2D eigenvalue weighted by Gasteiger charge is -2.47. The first-order chi connectivity index (χ1) is 13.9. The molecule has 1 aliphatic heterocycles. The van der Waals surface area contributed by atoms with Crippen LogP contribution in [0.3, 0.4) is 0 Å². The van der Waals surface area contributed by atoms with Gasteiger partial charge in [0.1, 0.15) is 0 Å². The third-order valence-corrected chi connectivity index (χ3v) is 6.24. The summed E-state index contributed by atoms with van der Waals surface area (Å²) in [5.74, 6) is 1.88. The van der Waals surface area contributed by atoms with Gasteiger partial charge in [-0.05, 0) is 62.2 Å². The van der Waals surface area contributed by atoms with Gasteiger partial charge in [0.05, 0.1) is 28.4 Å². The smallest absolute Gasteiger partial charge is 0.220 e. The third-order valence-electron chi connectivity index (χ3n) is 6.24. The number of hydrogen-bond acceptors (Lipinski definition) is 6. The van der Waals surface area contributed by atoms with Crippen LogP contribution in [0.1, 0.15) is 25.3 Å². The molecule has 2 aliphatic carbocycles. The van der Waals surface area contributed by atoms with Crippen LogP contribution in [0.5, 0.6) is 17.2 Å². The highest BCUT2D eigenvalue weighted by molar-refractivity contribution is 6.05. The Morgan fingerprint density at radius 2 is 1.93 bits per heavy atom. The van der Waals surface area contributed by atoms with Crippen LogP contribution in [-0.4, -0.2) is 58.7 Å². The van der Waals surface area contributed by atoms with E-state index in [1.165, 1.54) is 7.11 Å². The Balaban J connectivity index is 2.10. The molecule has 0 N–H and O–H groups in total. The van der Waals surface area contributed by atoms with Crippen LogP contribution in [0.2, 0.25) is 0 Å². The second kappa shape index (κ2) is 6.85. The Labute approximate surface area is 167 Å². The monoisotopic (exact) mass is 389 g/mol. The molecule has 1 aromatic carbocycles. The van der Waals surface area contributed by atoms with Crippen LogP contribution in [0, 0.1) is 0 Å². The topological polar surface area (TPSA) is 57.2 Å². The second-order valence-electron chi connectivity index (χ2n) is 7.43. The zero-order chi connectivity index (χ0) is 20.9. The van der Waals surface area contributed by atoms with E-state index in [0.29, 0.717) is 29.4 Å². The zero-order valence-corrected chi connectivity index (χ0v) is 17.0. The van der Waals surface area contributed by atoms with Crippen LogP contribution in [0.15, 0.2) is 29.6 Å². The lowest BCUT2D eigenvalue weighted by Crippen LogP contribution is -2.49. The molecule has 0 saturated carbocycles. The highest BCUT2D eigenvalue weighted by atomic mass is 16.5. The van der Waals surface area contributed by atoms with Gasteiger partial charge < -0.3 is 18.9 Å². The first-order valence-electron chi connectivity index (χ1n) is 9.99. The Morgan fingerprint density at radius 1 is 1.18 bits per heavy atom. The summed E-state index contributed by atoms with van der Waals surface area (Å²) in [6.45, 7) is -0.427. The van der Waals surface area contributed by atoms with Gasteiger partial charge in [-0.15, -0.1) is 0 Å². The molecule has 1 unspecified atom stereocenters. The van der Waals surface area contributed by atoms with Crippen molar-refractivity contribution in [1.29, 1.82) is 0 Å². The molecule has 150 valence electrons. The fourth-order valence-corrected chi connectivity index (χ4v) is 4.95. The number of ketones is 1. The summed E-state index contributed by atoms with van der Waals surface area (Å²) in [7, 11) is 8.28. The molecular formula is C22H27NO5. The fourth-order valence-electron chi connectivity index (χ4n) is 4.95. The molecule has 0 radical (unpaired) electrons. The van der Waals surface area contributed by atoms with E-state index < -0.39 is 11.9 Å². The minimum atomic E-state index is -0.667. The van der Waals surface area contributed by atoms with Crippen molar-refractivity contribution in [3.63, 3.8) is 0 Å². The first kappa shape index (κ1) is 17.6. The van der Waals surface area contributed by atoms with E-state index in [1.807, 2.05) is 19.2 Å². The van der Waals surface area contributed by atoms with Gasteiger partial charge in [-0.2, -0.15) is 0 Å². The SMILES string of the molecule is [3H][14C@@H]1CC23C=C(OC)C(=O)C=C2[C@@H](CCc2cc(OC)c(OC)c(OC)c23)N1C. The standard InChI is InChI=1S/C22H27NO5/c1-23-9-8-22-12-18(26-3)16(24)11-14(22)15(23)7-6-13-10-17(25-2)20(27-4)21(28-5)19(13)22/h10-12,15H,6-9H2,1-5H3/t15-,22?/m1/s1/i9+2T/t9-,15-,22?. The van der Waals surface area contributed by atoms with Crippen LogP contribution < -0.4 is 14.2 Å². The van der Waals surface area contributed by atoms with Crippen molar-refractivity contribution < 1.29 is 25.1 Å².